The average molecular weight is 1450 g/mol. The number of ether oxygens (including phenoxy) is 5. The van der Waals surface area contributed by atoms with Crippen molar-refractivity contribution in [2.75, 3.05) is 111 Å². The smallest absolute Gasteiger partial charge is 0.414 e. The number of halogens is 2. The van der Waals surface area contributed by atoms with E-state index in [4.69, 9.17) is 29.4 Å². The van der Waals surface area contributed by atoms with Gasteiger partial charge in [-0.3, -0.25) is 33.8 Å². The Morgan fingerprint density at radius 1 is 0.505 bits per heavy atom. The van der Waals surface area contributed by atoms with Gasteiger partial charge in [0.25, 0.3) is 0 Å². The van der Waals surface area contributed by atoms with Crippen molar-refractivity contribution in [2.45, 2.75) is 110 Å². The van der Waals surface area contributed by atoms with Crippen molar-refractivity contribution in [3.05, 3.63) is 178 Å². The van der Waals surface area contributed by atoms with E-state index in [0.29, 0.717) is 92.8 Å². The van der Waals surface area contributed by atoms with Crippen LogP contribution in [0.4, 0.5) is 55.5 Å². The number of piperazine rings is 2. The molecule has 8 amide bonds. The molecule has 4 fully saturated rings. The quantitative estimate of drug-likeness (QED) is 0.0294. The molecule has 0 radical (unpaired) electrons. The molecule has 6 aromatic rings. The molecule has 2 atom stereocenters. The summed E-state index contributed by atoms with van der Waals surface area (Å²) in [4.78, 5) is 135. The topological polar surface area (TPSA) is 310 Å². The van der Waals surface area contributed by atoms with Crippen LogP contribution in [0.5, 0.6) is 0 Å². The molecule has 0 saturated carbocycles. The lowest BCUT2D eigenvalue weighted by Gasteiger charge is -2.36. The van der Waals surface area contributed by atoms with E-state index < -0.39 is 71.4 Å². The van der Waals surface area contributed by atoms with E-state index in [2.05, 4.69) is 33.4 Å². The molecular weight excluding hydrogens is 1360 g/mol. The molecule has 28 heteroatoms. The monoisotopic (exact) mass is 1450 g/mol. The maximum absolute atomic E-state index is 15.4. The number of Topliss-reactive ketones (excluding diaryl/α,β-unsaturated/α-hetero) is 2. The van der Waals surface area contributed by atoms with Gasteiger partial charge in [0.05, 0.1) is 48.9 Å². The van der Waals surface area contributed by atoms with E-state index in [1.807, 2.05) is 46.2 Å². The van der Waals surface area contributed by atoms with Gasteiger partial charge < -0.3 is 70.3 Å². The average Bonchev–Trinajstić information content (AvgIpc) is 1.65. The van der Waals surface area contributed by atoms with Crippen LogP contribution in [0, 0.1) is 11.6 Å². The SMILES string of the molecule is CC(C)(C)OC(=O)NC[C@H]1CN(c2ccc(N3CCN(C(=O)CCC(=O)c4ccc(CN)cc4)CC3)c(F)c2)C(=O)O1.CC(C)(C)OC(=O)NC[C@H]1CN(c2ccc(N3CCN(C(=O)CCC(=O)c4ccc(CNC(=O)CNC(=O)OCC5c6ccccc6-c6ccccc65)cc4)CC3)c(F)c2)C(=O)O1. The predicted octanol–water partition coefficient (Wildman–Crippen LogP) is 9.59. The number of carbonyl (C=O) groups excluding carboxylic acids is 10. The molecule has 105 heavy (non-hydrogen) atoms. The molecule has 556 valence electrons. The number of alkyl carbamates (subject to hydrolysis) is 3. The van der Waals surface area contributed by atoms with Crippen LogP contribution < -0.4 is 46.6 Å². The van der Waals surface area contributed by atoms with Crippen LogP contribution in [0.3, 0.4) is 0 Å². The Morgan fingerprint density at radius 2 is 0.924 bits per heavy atom. The van der Waals surface area contributed by atoms with Crippen molar-refractivity contribution in [1.82, 2.24) is 31.1 Å². The summed E-state index contributed by atoms with van der Waals surface area (Å²) in [6.45, 7) is 14.4. The van der Waals surface area contributed by atoms with Gasteiger partial charge in [-0.15, -0.1) is 0 Å². The number of nitrogens with two attached hydrogens (primary N) is 1. The van der Waals surface area contributed by atoms with Gasteiger partial charge in [-0.2, -0.15) is 0 Å². The molecule has 11 rings (SSSR count). The first-order valence-corrected chi connectivity index (χ1v) is 35.0. The van der Waals surface area contributed by atoms with Crippen LogP contribution in [-0.4, -0.2) is 185 Å². The van der Waals surface area contributed by atoms with Crippen LogP contribution in [0.1, 0.15) is 116 Å². The van der Waals surface area contributed by atoms with Crippen molar-refractivity contribution in [3.63, 3.8) is 0 Å². The molecule has 26 nitrogen and oxygen atoms in total. The predicted molar refractivity (Wildman–Crippen MR) is 387 cm³/mol. The van der Waals surface area contributed by atoms with Gasteiger partial charge >= 0.3 is 30.5 Å². The summed E-state index contributed by atoms with van der Waals surface area (Å²) in [7, 11) is 0. The number of hydrogen-bond donors (Lipinski definition) is 5. The van der Waals surface area contributed by atoms with Crippen molar-refractivity contribution >= 4 is 82.5 Å². The highest BCUT2D eigenvalue weighted by Crippen LogP contribution is 2.44. The van der Waals surface area contributed by atoms with Gasteiger partial charge in [0.2, 0.25) is 17.7 Å². The molecule has 0 spiro atoms. The van der Waals surface area contributed by atoms with E-state index in [9.17, 15) is 47.9 Å². The summed E-state index contributed by atoms with van der Waals surface area (Å²) < 4.78 is 57.1. The van der Waals surface area contributed by atoms with E-state index in [0.717, 1.165) is 33.4 Å². The van der Waals surface area contributed by atoms with E-state index >= 15 is 8.78 Å². The Morgan fingerprint density at radius 3 is 1.33 bits per heavy atom. The molecule has 0 unspecified atom stereocenters. The number of benzene rings is 6. The second-order valence-corrected chi connectivity index (χ2v) is 27.9. The van der Waals surface area contributed by atoms with Crippen molar-refractivity contribution in [1.29, 1.82) is 0 Å². The number of amides is 8. The lowest BCUT2D eigenvalue weighted by Crippen LogP contribution is -2.49. The molecule has 5 aliphatic rings. The Hall–Kier alpha value is -11.2. The summed E-state index contributed by atoms with van der Waals surface area (Å²) >= 11 is 0. The van der Waals surface area contributed by atoms with Crippen molar-refractivity contribution in [2.24, 2.45) is 5.73 Å². The zero-order valence-electron chi connectivity index (χ0n) is 59.7. The van der Waals surface area contributed by atoms with Gasteiger partial charge in [0.15, 0.2) is 11.6 Å². The van der Waals surface area contributed by atoms with Crippen LogP contribution in [0.15, 0.2) is 133 Å². The maximum Gasteiger partial charge on any atom is 0.414 e. The molecule has 4 aliphatic heterocycles. The highest BCUT2D eigenvalue weighted by atomic mass is 19.1. The van der Waals surface area contributed by atoms with E-state index in [1.165, 1.54) is 21.9 Å². The summed E-state index contributed by atoms with van der Waals surface area (Å²) in [5, 5.41) is 10.4. The number of rotatable bonds is 23. The fraction of sp³-hybridized carbons (Fsp3) is 0.403. The van der Waals surface area contributed by atoms with Gasteiger partial charge in [-0.1, -0.05) is 97.1 Å². The van der Waals surface area contributed by atoms with Crippen LogP contribution >= 0.6 is 0 Å². The van der Waals surface area contributed by atoms with Crippen molar-refractivity contribution in [3.8, 4) is 11.1 Å². The first-order chi connectivity index (χ1) is 50.1. The number of nitrogens with one attached hydrogen (secondary N) is 4. The molecule has 4 saturated heterocycles. The second kappa shape index (κ2) is 34.4. The van der Waals surface area contributed by atoms with Gasteiger partial charge in [0.1, 0.15) is 48.2 Å². The number of carbonyl (C=O) groups is 10. The first-order valence-electron chi connectivity index (χ1n) is 35.0. The molecule has 1 aliphatic carbocycles. The minimum absolute atomic E-state index is 0.0175. The lowest BCUT2D eigenvalue weighted by molar-refractivity contribution is -0.132. The van der Waals surface area contributed by atoms with Gasteiger partial charge in [0, 0.05) is 108 Å². The van der Waals surface area contributed by atoms with Gasteiger partial charge in [-0.25, -0.2) is 32.8 Å². The van der Waals surface area contributed by atoms with Crippen LogP contribution in [0.25, 0.3) is 11.1 Å². The molecule has 6 N–H and O–H groups in total. The summed E-state index contributed by atoms with van der Waals surface area (Å²) in [6, 6.07) is 38.9. The second-order valence-electron chi connectivity index (χ2n) is 27.9. The Labute approximate surface area is 607 Å². The van der Waals surface area contributed by atoms with Crippen molar-refractivity contribution < 1.29 is 80.4 Å². The third-order valence-corrected chi connectivity index (χ3v) is 18.1. The fourth-order valence-electron chi connectivity index (χ4n) is 12.7. The zero-order chi connectivity index (χ0) is 75.1. The number of nitrogens with zero attached hydrogens (tertiary/aromatic N) is 6. The third kappa shape index (κ3) is 20.8. The Kier molecular flexibility index (Phi) is 25.1. The Balaban J connectivity index is 0.000000244. The third-order valence-electron chi connectivity index (χ3n) is 18.1. The van der Waals surface area contributed by atoms with Crippen LogP contribution in [-0.2, 0) is 51.2 Å². The summed E-state index contributed by atoms with van der Waals surface area (Å²) in [5.41, 5.74) is 12.8. The molecule has 0 aromatic heterocycles. The lowest BCUT2D eigenvalue weighted by atomic mass is 9.98. The largest absolute Gasteiger partial charge is 0.449 e. The number of anilines is 4. The minimum atomic E-state index is -0.689. The highest BCUT2D eigenvalue weighted by molar-refractivity contribution is 5.99. The number of cyclic esters (lactones) is 2. The highest BCUT2D eigenvalue weighted by Gasteiger charge is 2.37. The standard InChI is InChI=1S/C47H51FN6O9.C30H38FN5O6/c1-47(2,3)63-45(59)50-26-33-28-54(46(60)62-33)32-16-17-40(39(48)24-32)52-20-22-53(23-21-52)43(57)19-18-41(55)31-14-12-30(13-15-31)25-49-42(56)27-51-44(58)61-29-38-36-10-6-4-8-34(36)35-9-5-7-11-37(35)38;1-30(2,3)42-28(39)33-18-23-19-36(29(40)41-23)22-8-9-25(24(31)16-22)34-12-14-35(15-13-34)27(38)11-10-26(37)21-6-4-20(17-32)5-7-21/h4-17,24,33,38H,18-23,25-29H2,1-3H3,(H,49,56)(H,50,59)(H,51,58);4-9,16,23H,10-15,17-19,32H2,1-3H3,(H,33,39)/t33-;23-/m00/s1. The van der Waals surface area contributed by atoms with E-state index in [-0.39, 0.29) is 101 Å². The molecule has 0 bridgehead atoms. The fourth-order valence-corrected chi connectivity index (χ4v) is 12.7. The molecular formula is C77H89F2N11O15. The van der Waals surface area contributed by atoms with E-state index in [1.54, 1.807) is 124 Å². The normalized spacial score (nSPS) is 16.4. The number of hydrogen-bond acceptors (Lipinski definition) is 18. The van der Waals surface area contributed by atoms with Crippen LogP contribution in [0.2, 0.25) is 0 Å². The number of ketones is 2. The first kappa shape index (κ1) is 76.5. The summed E-state index contributed by atoms with van der Waals surface area (Å²) in [5.74, 6) is -2.10. The Bertz CT molecular complexity index is 4130. The zero-order valence-corrected chi connectivity index (χ0v) is 59.7. The molecule has 4 heterocycles. The number of fused-ring (bicyclic) bond motifs is 3. The summed E-state index contributed by atoms with van der Waals surface area (Å²) in [6.07, 6.45) is -4.18. The minimum Gasteiger partial charge on any atom is -0.449 e. The molecule has 6 aromatic carbocycles. The van der Waals surface area contributed by atoms with Gasteiger partial charge in [-0.05, 0) is 111 Å². The maximum atomic E-state index is 15.4.